The molecule has 1 N–H and O–H groups in total. The molecule has 0 spiro atoms. The Morgan fingerprint density at radius 2 is 1.85 bits per heavy atom. The van der Waals surface area contributed by atoms with Crippen LogP contribution in [0, 0.1) is 5.41 Å². The molecule has 0 aromatic rings. The predicted octanol–water partition coefficient (Wildman–Crippen LogP) is 1.77. The van der Waals surface area contributed by atoms with Crippen molar-refractivity contribution < 1.29 is 9.94 Å². The molecule has 1 unspecified atom stereocenters. The highest BCUT2D eigenvalue weighted by molar-refractivity contribution is 4.80. The normalized spacial score (nSPS) is 28.6. The van der Waals surface area contributed by atoms with E-state index in [9.17, 15) is 5.11 Å². The number of rotatable bonds is 3. The molecule has 1 aliphatic heterocycles. The quantitative estimate of drug-likeness (QED) is 0.684. The fourth-order valence-corrected chi connectivity index (χ4v) is 1.47. The van der Waals surface area contributed by atoms with Crippen molar-refractivity contribution in [3.63, 3.8) is 0 Å². The lowest BCUT2D eigenvalue weighted by Gasteiger charge is -2.22. The summed E-state index contributed by atoms with van der Waals surface area (Å²) in [6.07, 6.45) is 0.518. The van der Waals surface area contributed by atoms with Gasteiger partial charge in [-0.1, -0.05) is 20.8 Å². The van der Waals surface area contributed by atoms with Gasteiger partial charge in [0.05, 0.1) is 12.6 Å². The molecule has 1 rings (SSSR count). The number of aliphatic hydroxyl groups is 1. The summed E-state index contributed by atoms with van der Waals surface area (Å²) in [5, 5.41) is 11.5. The second kappa shape index (κ2) is 3.23. The fraction of sp³-hybridized carbons (Fsp3) is 1.00. The molecule has 1 saturated heterocycles. The highest BCUT2D eigenvalue weighted by atomic mass is 16.9. The van der Waals surface area contributed by atoms with E-state index in [0.717, 1.165) is 6.42 Å². The van der Waals surface area contributed by atoms with Crippen LogP contribution in [0.3, 0.4) is 0 Å². The fourth-order valence-electron chi connectivity index (χ4n) is 1.47. The van der Waals surface area contributed by atoms with E-state index in [-0.39, 0.29) is 17.2 Å². The molecule has 3 heteroatoms. The first-order valence-electron chi connectivity index (χ1n) is 4.85. The van der Waals surface area contributed by atoms with Crippen LogP contribution >= 0.6 is 0 Å². The van der Waals surface area contributed by atoms with Crippen LogP contribution in [-0.2, 0) is 4.84 Å². The van der Waals surface area contributed by atoms with Crippen LogP contribution in [0.15, 0.2) is 0 Å². The van der Waals surface area contributed by atoms with Crippen molar-refractivity contribution in [2.45, 2.75) is 52.9 Å². The molecule has 0 radical (unpaired) electrons. The SMILES string of the molecule is CC(C)(C)CC(O)C[N@@]1OC1(C)C. The van der Waals surface area contributed by atoms with Crippen LogP contribution in [0.2, 0.25) is 0 Å². The average Bonchev–Trinajstić information content (AvgIpc) is 2.32. The van der Waals surface area contributed by atoms with Gasteiger partial charge in [0.2, 0.25) is 0 Å². The minimum Gasteiger partial charge on any atom is -0.392 e. The lowest BCUT2D eigenvalue weighted by Crippen LogP contribution is -2.27. The van der Waals surface area contributed by atoms with Gasteiger partial charge in [-0.2, -0.15) is 5.06 Å². The maximum atomic E-state index is 9.71. The molecular formula is C10H21NO2. The molecule has 0 saturated carbocycles. The smallest absolute Gasteiger partial charge is 0.159 e. The minimum atomic E-state index is -0.290. The summed E-state index contributed by atoms with van der Waals surface area (Å²) in [4.78, 5) is 5.26. The van der Waals surface area contributed by atoms with Crippen molar-refractivity contribution in [1.29, 1.82) is 0 Å². The molecule has 0 aliphatic carbocycles. The van der Waals surface area contributed by atoms with E-state index in [2.05, 4.69) is 20.8 Å². The predicted molar refractivity (Wildman–Crippen MR) is 51.9 cm³/mol. The van der Waals surface area contributed by atoms with Crippen LogP contribution in [0.5, 0.6) is 0 Å². The van der Waals surface area contributed by atoms with E-state index in [0.29, 0.717) is 6.54 Å². The first kappa shape index (κ1) is 11.0. The second-order valence-corrected chi connectivity index (χ2v) is 5.52. The molecule has 0 bridgehead atoms. The van der Waals surface area contributed by atoms with Crippen molar-refractivity contribution in [2.24, 2.45) is 5.41 Å². The molecular weight excluding hydrogens is 166 g/mol. The van der Waals surface area contributed by atoms with Gasteiger partial charge in [0.25, 0.3) is 0 Å². The monoisotopic (exact) mass is 187 g/mol. The highest BCUT2D eigenvalue weighted by Gasteiger charge is 2.46. The van der Waals surface area contributed by atoms with Gasteiger partial charge in [0, 0.05) is 0 Å². The van der Waals surface area contributed by atoms with Crippen LogP contribution in [0.1, 0.15) is 41.0 Å². The molecule has 13 heavy (non-hydrogen) atoms. The Kier molecular flexibility index (Phi) is 2.72. The second-order valence-electron chi connectivity index (χ2n) is 5.52. The minimum absolute atomic E-state index is 0.154. The van der Waals surface area contributed by atoms with Crippen molar-refractivity contribution in [3.05, 3.63) is 0 Å². The Bertz CT molecular complexity index is 184. The van der Waals surface area contributed by atoms with Gasteiger partial charge in [0.1, 0.15) is 0 Å². The zero-order valence-corrected chi connectivity index (χ0v) is 9.29. The molecule has 1 heterocycles. The summed E-state index contributed by atoms with van der Waals surface area (Å²) in [6.45, 7) is 11.0. The van der Waals surface area contributed by atoms with Crippen LogP contribution in [-0.4, -0.2) is 28.5 Å². The van der Waals surface area contributed by atoms with E-state index in [4.69, 9.17) is 4.84 Å². The Morgan fingerprint density at radius 3 is 2.15 bits per heavy atom. The first-order chi connectivity index (χ1) is 5.71. The molecule has 1 fully saturated rings. The van der Waals surface area contributed by atoms with Gasteiger partial charge in [0.15, 0.2) is 5.72 Å². The molecule has 1 aliphatic rings. The van der Waals surface area contributed by atoms with E-state index >= 15 is 0 Å². The van der Waals surface area contributed by atoms with E-state index in [1.807, 2.05) is 18.9 Å². The lowest BCUT2D eigenvalue weighted by atomic mass is 9.89. The molecule has 0 amide bonds. The third kappa shape index (κ3) is 3.63. The summed E-state index contributed by atoms with van der Waals surface area (Å²) in [6, 6.07) is 0. The van der Waals surface area contributed by atoms with Crippen LogP contribution in [0.4, 0.5) is 0 Å². The molecule has 0 aromatic heterocycles. The molecule has 2 atom stereocenters. The number of hydrogen-bond acceptors (Lipinski definition) is 3. The van der Waals surface area contributed by atoms with Crippen molar-refractivity contribution in [2.75, 3.05) is 6.54 Å². The Hall–Kier alpha value is -0.120. The Morgan fingerprint density at radius 1 is 1.38 bits per heavy atom. The molecule has 0 aromatic carbocycles. The van der Waals surface area contributed by atoms with Crippen molar-refractivity contribution in [3.8, 4) is 0 Å². The first-order valence-corrected chi connectivity index (χ1v) is 4.85. The highest BCUT2D eigenvalue weighted by Crippen LogP contribution is 2.34. The summed E-state index contributed by atoms with van der Waals surface area (Å²) in [5.74, 6) is 0. The zero-order chi connectivity index (χ0) is 10.3. The maximum absolute atomic E-state index is 9.71. The summed E-state index contributed by atoms with van der Waals surface area (Å²) in [7, 11) is 0. The zero-order valence-electron chi connectivity index (χ0n) is 9.29. The third-order valence-corrected chi connectivity index (χ3v) is 2.13. The van der Waals surface area contributed by atoms with Gasteiger partial charge in [-0.3, -0.25) is 4.84 Å². The standard InChI is InChI=1S/C10H21NO2/c1-9(2,3)6-8(12)7-11-10(4,5)13-11/h8,12H,6-7H2,1-5H3/t8?,11-/m1/s1. The van der Waals surface area contributed by atoms with Crippen molar-refractivity contribution in [1.82, 2.24) is 5.06 Å². The van der Waals surface area contributed by atoms with Crippen LogP contribution < -0.4 is 0 Å². The third-order valence-electron chi connectivity index (χ3n) is 2.13. The van der Waals surface area contributed by atoms with Crippen LogP contribution in [0.25, 0.3) is 0 Å². The van der Waals surface area contributed by atoms with Crippen molar-refractivity contribution >= 4 is 0 Å². The Labute approximate surface area is 80.6 Å². The molecule has 3 nitrogen and oxygen atoms in total. The molecule has 78 valence electrons. The van der Waals surface area contributed by atoms with Gasteiger partial charge >= 0.3 is 0 Å². The number of aliphatic hydroxyl groups excluding tert-OH is 1. The number of β-amino-alcohol motifs (C(OH)–C–C–N with tert-alkyl or cyclic N) is 1. The summed E-state index contributed by atoms with van der Waals surface area (Å²) >= 11 is 0. The summed E-state index contributed by atoms with van der Waals surface area (Å²) < 4.78 is 0. The van der Waals surface area contributed by atoms with Gasteiger partial charge in [-0.25, -0.2) is 0 Å². The maximum Gasteiger partial charge on any atom is 0.159 e. The van der Waals surface area contributed by atoms with Gasteiger partial charge in [-0.15, -0.1) is 0 Å². The lowest BCUT2D eigenvalue weighted by molar-refractivity contribution is 0.0673. The number of hydroxylamine groups is 2. The summed E-state index contributed by atoms with van der Waals surface area (Å²) in [5.41, 5.74) is 0.0262. The largest absolute Gasteiger partial charge is 0.392 e. The van der Waals surface area contributed by atoms with E-state index in [1.165, 1.54) is 0 Å². The number of nitrogens with zero attached hydrogens (tertiary/aromatic N) is 1. The van der Waals surface area contributed by atoms with E-state index < -0.39 is 0 Å². The average molecular weight is 187 g/mol. The van der Waals surface area contributed by atoms with Gasteiger partial charge < -0.3 is 5.11 Å². The topological polar surface area (TPSA) is 35.8 Å². The van der Waals surface area contributed by atoms with Gasteiger partial charge in [-0.05, 0) is 25.7 Å². The van der Waals surface area contributed by atoms with E-state index in [1.54, 1.807) is 0 Å². The Balaban J connectivity index is 2.24. The number of hydrogen-bond donors (Lipinski definition) is 1.